The summed E-state index contributed by atoms with van der Waals surface area (Å²) in [5.74, 6) is 0. The van der Waals surface area contributed by atoms with E-state index in [9.17, 15) is 0 Å². The molecule has 0 spiro atoms. The topological polar surface area (TPSA) is 44.5 Å². The Balaban J connectivity index is 2.19. The SMILES string of the molecule is CC(N)c1ccc(B2OC(C)(C)C(C)(C)O2)cc1. The van der Waals surface area contributed by atoms with Gasteiger partial charge in [-0.15, -0.1) is 0 Å². The molecule has 1 saturated heterocycles. The molecular formula is C14H22BNO2. The molecule has 0 aliphatic carbocycles. The Morgan fingerprint density at radius 2 is 1.44 bits per heavy atom. The van der Waals surface area contributed by atoms with Gasteiger partial charge < -0.3 is 15.0 Å². The fourth-order valence-corrected chi connectivity index (χ4v) is 1.94. The lowest BCUT2D eigenvalue weighted by Gasteiger charge is -2.32. The number of hydrogen-bond acceptors (Lipinski definition) is 3. The highest BCUT2D eigenvalue weighted by molar-refractivity contribution is 6.62. The summed E-state index contributed by atoms with van der Waals surface area (Å²) >= 11 is 0. The van der Waals surface area contributed by atoms with Gasteiger partial charge in [-0.2, -0.15) is 0 Å². The Morgan fingerprint density at radius 3 is 1.83 bits per heavy atom. The molecule has 0 aromatic heterocycles. The van der Waals surface area contributed by atoms with Crippen LogP contribution < -0.4 is 11.2 Å². The highest BCUT2D eigenvalue weighted by atomic mass is 16.7. The summed E-state index contributed by atoms with van der Waals surface area (Å²) < 4.78 is 12.0. The minimum atomic E-state index is -0.294. The zero-order chi connectivity index (χ0) is 13.6. The van der Waals surface area contributed by atoms with Gasteiger partial charge >= 0.3 is 7.12 Å². The van der Waals surface area contributed by atoms with E-state index >= 15 is 0 Å². The van der Waals surface area contributed by atoms with Crippen molar-refractivity contribution < 1.29 is 9.31 Å². The molecule has 1 unspecified atom stereocenters. The number of nitrogens with two attached hydrogens (primary N) is 1. The van der Waals surface area contributed by atoms with Crippen LogP contribution in [-0.4, -0.2) is 18.3 Å². The summed E-state index contributed by atoms with van der Waals surface area (Å²) in [5, 5.41) is 0. The maximum atomic E-state index is 6.00. The quantitative estimate of drug-likeness (QED) is 0.813. The van der Waals surface area contributed by atoms with Gasteiger partial charge in [-0.25, -0.2) is 0 Å². The van der Waals surface area contributed by atoms with Crippen LogP contribution in [0.2, 0.25) is 0 Å². The Labute approximate surface area is 110 Å². The molecule has 0 bridgehead atoms. The standard InChI is InChI=1S/C14H22BNO2/c1-10(16)11-6-8-12(9-7-11)15-17-13(2,3)14(4,5)18-15/h6-10H,16H2,1-5H3. The van der Waals surface area contributed by atoms with E-state index in [1.807, 2.05) is 31.2 Å². The molecule has 3 nitrogen and oxygen atoms in total. The van der Waals surface area contributed by atoms with Gasteiger partial charge in [-0.05, 0) is 45.6 Å². The van der Waals surface area contributed by atoms with Crippen molar-refractivity contribution in [2.75, 3.05) is 0 Å². The summed E-state index contributed by atoms with van der Waals surface area (Å²) in [6, 6.07) is 8.18. The summed E-state index contributed by atoms with van der Waals surface area (Å²) in [6.07, 6.45) is 0. The average Bonchev–Trinajstić information content (AvgIpc) is 2.48. The maximum absolute atomic E-state index is 6.00. The average molecular weight is 247 g/mol. The minimum Gasteiger partial charge on any atom is -0.399 e. The highest BCUT2D eigenvalue weighted by Crippen LogP contribution is 2.36. The Kier molecular flexibility index (Phi) is 3.30. The third-order valence-electron chi connectivity index (χ3n) is 3.99. The van der Waals surface area contributed by atoms with E-state index in [1.54, 1.807) is 0 Å². The number of hydrogen-bond donors (Lipinski definition) is 1. The smallest absolute Gasteiger partial charge is 0.399 e. The van der Waals surface area contributed by atoms with Crippen molar-refractivity contribution in [2.24, 2.45) is 5.73 Å². The first-order valence-corrected chi connectivity index (χ1v) is 6.44. The van der Waals surface area contributed by atoms with Crippen LogP contribution in [0.1, 0.15) is 46.2 Å². The van der Waals surface area contributed by atoms with Crippen LogP contribution in [0.25, 0.3) is 0 Å². The van der Waals surface area contributed by atoms with E-state index in [-0.39, 0.29) is 24.4 Å². The van der Waals surface area contributed by atoms with Gasteiger partial charge in [0, 0.05) is 6.04 Å². The molecule has 1 aromatic rings. The Bertz CT molecular complexity index is 410. The van der Waals surface area contributed by atoms with E-state index in [2.05, 4.69) is 27.7 Å². The van der Waals surface area contributed by atoms with Gasteiger partial charge in [-0.3, -0.25) is 0 Å². The van der Waals surface area contributed by atoms with E-state index < -0.39 is 0 Å². The first kappa shape index (κ1) is 13.6. The van der Waals surface area contributed by atoms with Gasteiger partial charge in [0.2, 0.25) is 0 Å². The summed E-state index contributed by atoms with van der Waals surface area (Å²) in [5.41, 5.74) is 7.41. The number of rotatable bonds is 2. The van der Waals surface area contributed by atoms with E-state index in [0.29, 0.717) is 0 Å². The second kappa shape index (κ2) is 4.37. The van der Waals surface area contributed by atoms with E-state index in [1.165, 1.54) is 0 Å². The van der Waals surface area contributed by atoms with Crippen molar-refractivity contribution in [1.82, 2.24) is 0 Å². The predicted molar refractivity (Wildman–Crippen MR) is 74.8 cm³/mol. The van der Waals surface area contributed by atoms with Crippen molar-refractivity contribution in [2.45, 2.75) is 51.9 Å². The lowest BCUT2D eigenvalue weighted by atomic mass is 9.78. The molecule has 1 aromatic carbocycles. The van der Waals surface area contributed by atoms with Crippen LogP contribution >= 0.6 is 0 Å². The van der Waals surface area contributed by atoms with Crippen LogP contribution in [0.3, 0.4) is 0 Å². The lowest BCUT2D eigenvalue weighted by molar-refractivity contribution is 0.00578. The number of benzene rings is 1. The molecule has 0 amide bonds. The molecule has 0 saturated carbocycles. The molecule has 2 rings (SSSR count). The largest absolute Gasteiger partial charge is 0.494 e. The van der Waals surface area contributed by atoms with Crippen molar-refractivity contribution >= 4 is 12.6 Å². The fourth-order valence-electron chi connectivity index (χ4n) is 1.94. The third kappa shape index (κ3) is 2.33. The molecule has 0 radical (unpaired) electrons. The van der Waals surface area contributed by atoms with Crippen molar-refractivity contribution in [3.05, 3.63) is 29.8 Å². The molecule has 2 N–H and O–H groups in total. The van der Waals surface area contributed by atoms with Gasteiger partial charge in [-0.1, -0.05) is 24.3 Å². The fraction of sp³-hybridized carbons (Fsp3) is 0.571. The first-order valence-electron chi connectivity index (χ1n) is 6.44. The summed E-state index contributed by atoms with van der Waals surface area (Å²) in [7, 11) is -0.294. The zero-order valence-electron chi connectivity index (χ0n) is 11.9. The molecule has 98 valence electrons. The lowest BCUT2D eigenvalue weighted by Crippen LogP contribution is -2.41. The second-order valence-electron chi connectivity index (χ2n) is 6.04. The molecule has 1 atom stereocenters. The van der Waals surface area contributed by atoms with Gasteiger partial charge in [0.25, 0.3) is 0 Å². The molecule has 1 fully saturated rings. The summed E-state index contributed by atoms with van der Waals surface area (Å²) in [4.78, 5) is 0. The Hall–Kier alpha value is -0.835. The van der Waals surface area contributed by atoms with Gasteiger partial charge in [0.15, 0.2) is 0 Å². The molecular weight excluding hydrogens is 225 g/mol. The first-order chi connectivity index (χ1) is 8.23. The third-order valence-corrected chi connectivity index (χ3v) is 3.99. The minimum absolute atomic E-state index is 0.0531. The highest BCUT2D eigenvalue weighted by Gasteiger charge is 2.51. The molecule has 18 heavy (non-hydrogen) atoms. The zero-order valence-corrected chi connectivity index (χ0v) is 11.9. The van der Waals surface area contributed by atoms with Crippen LogP contribution in [0.15, 0.2) is 24.3 Å². The van der Waals surface area contributed by atoms with Crippen LogP contribution in [-0.2, 0) is 9.31 Å². The second-order valence-corrected chi connectivity index (χ2v) is 6.04. The van der Waals surface area contributed by atoms with Gasteiger partial charge in [0.1, 0.15) is 0 Å². The van der Waals surface area contributed by atoms with Gasteiger partial charge in [0.05, 0.1) is 11.2 Å². The van der Waals surface area contributed by atoms with Crippen molar-refractivity contribution in [3.8, 4) is 0 Å². The van der Waals surface area contributed by atoms with E-state index in [0.717, 1.165) is 11.0 Å². The molecule has 4 heteroatoms. The Morgan fingerprint density at radius 1 is 1.00 bits per heavy atom. The maximum Gasteiger partial charge on any atom is 0.494 e. The van der Waals surface area contributed by atoms with Crippen molar-refractivity contribution in [1.29, 1.82) is 0 Å². The van der Waals surface area contributed by atoms with Crippen LogP contribution in [0, 0.1) is 0 Å². The monoisotopic (exact) mass is 247 g/mol. The predicted octanol–water partition coefficient (Wildman–Crippen LogP) is 2.01. The molecule has 1 aliphatic rings. The normalized spacial score (nSPS) is 23.1. The van der Waals surface area contributed by atoms with E-state index in [4.69, 9.17) is 15.0 Å². The van der Waals surface area contributed by atoms with Crippen LogP contribution in [0.5, 0.6) is 0 Å². The van der Waals surface area contributed by atoms with Crippen LogP contribution in [0.4, 0.5) is 0 Å². The molecule has 1 aliphatic heterocycles. The van der Waals surface area contributed by atoms with Crippen molar-refractivity contribution in [3.63, 3.8) is 0 Å². The molecule has 1 heterocycles. The summed E-state index contributed by atoms with van der Waals surface area (Å²) in [6.45, 7) is 10.2.